The Balaban J connectivity index is 1.46. The van der Waals surface area contributed by atoms with Gasteiger partial charge in [0.15, 0.2) is 6.10 Å². The zero-order valence-corrected chi connectivity index (χ0v) is 19.1. The van der Waals surface area contributed by atoms with Gasteiger partial charge in [0.2, 0.25) is 0 Å². The molecule has 1 aliphatic rings. The summed E-state index contributed by atoms with van der Waals surface area (Å²) in [6.45, 7) is 9.00. The van der Waals surface area contributed by atoms with Crippen molar-refractivity contribution in [3.8, 4) is 5.75 Å². The molecule has 0 radical (unpaired) electrons. The van der Waals surface area contributed by atoms with Crippen LogP contribution in [0.1, 0.15) is 32.8 Å². The summed E-state index contributed by atoms with van der Waals surface area (Å²) in [7, 11) is 0. The zero-order valence-electron chi connectivity index (χ0n) is 19.1. The molecule has 3 rings (SSSR count). The van der Waals surface area contributed by atoms with Crippen molar-refractivity contribution in [3.63, 3.8) is 0 Å². The molecule has 0 bridgehead atoms. The van der Waals surface area contributed by atoms with Crippen LogP contribution in [0.25, 0.3) is 0 Å². The van der Waals surface area contributed by atoms with E-state index in [4.69, 9.17) is 14.2 Å². The maximum absolute atomic E-state index is 13.4. The summed E-state index contributed by atoms with van der Waals surface area (Å²) in [5.74, 6) is 0.0123. The lowest BCUT2D eigenvalue weighted by atomic mass is 10.1. The average Bonchev–Trinajstić information content (AvgIpc) is 2.77. The third kappa shape index (κ3) is 6.85. The minimum Gasteiger partial charge on any atom is -0.489 e. The molecular formula is C25H33FN2O4. The normalized spacial score (nSPS) is 14.0. The number of nitrogens with zero attached hydrogens (tertiary/aromatic N) is 1. The number of carbonyl (C=O) groups excluding carboxylic acids is 1. The molecule has 0 spiro atoms. The molecule has 2 aromatic carbocycles. The van der Waals surface area contributed by atoms with E-state index in [9.17, 15) is 9.18 Å². The third-order valence-corrected chi connectivity index (χ3v) is 5.18. The van der Waals surface area contributed by atoms with Crippen LogP contribution in [-0.2, 0) is 20.7 Å². The van der Waals surface area contributed by atoms with Crippen molar-refractivity contribution in [1.29, 1.82) is 0 Å². The van der Waals surface area contributed by atoms with Gasteiger partial charge in [-0.05, 0) is 57.0 Å². The second-order valence-corrected chi connectivity index (χ2v) is 8.05. The Hall–Kier alpha value is -2.80. The number of ether oxygens (including phenoxy) is 3. The van der Waals surface area contributed by atoms with Crippen LogP contribution in [-0.4, -0.2) is 51.0 Å². The number of fused-ring (bicyclic) bond motifs is 1. The molecule has 32 heavy (non-hydrogen) atoms. The van der Waals surface area contributed by atoms with E-state index < -0.39 is 6.10 Å². The summed E-state index contributed by atoms with van der Waals surface area (Å²) in [6, 6.07) is 12.7. The van der Waals surface area contributed by atoms with Gasteiger partial charge in [0.25, 0.3) is 0 Å². The molecule has 0 saturated heterocycles. The number of rotatable bonds is 11. The van der Waals surface area contributed by atoms with Crippen LogP contribution in [0.3, 0.4) is 0 Å². The van der Waals surface area contributed by atoms with Crippen LogP contribution >= 0.6 is 0 Å². The SMILES string of the molecule is CCOC(=O)C(Cc1ccc(NCCCN2CCOc3cc(F)ccc32)cc1)OC(C)C. The lowest BCUT2D eigenvalue weighted by molar-refractivity contribution is -0.159. The Bertz CT molecular complexity index is 873. The van der Waals surface area contributed by atoms with E-state index in [1.165, 1.54) is 12.1 Å². The van der Waals surface area contributed by atoms with E-state index in [-0.39, 0.29) is 17.9 Å². The third-order valence-electron chi connectivity index (χ3n) is 5.18. The van der Waals surface area contributed by atoms with Gasteiger partial charge < -0.3 is 24.4 Å². The van der Waals surface area contributed by atoms with Crippen LogP contribution in [0.2, 0.25) is 0 Å². The summed E-state index contributed by atoms with van der Waals surface area (Å²) in [5.41, 5.74) is 2.99. The summed E-state index contributed by atoms with van der Waals surface area (Å²) >= 11 is 0. The van der Waals surface area contributed by atoms with Gasteiger partial charge in [-0.25, -0.2) is 9.18 Å². The molecule has 0 saturated carbocycles. The Kier molecular flexibility index (Phi) is 8.73. The Morgan fingerprint density at radius 2 is 2.00 bits per heavy atom. The molecular weight excluding hydrogens is 411 g/mol. The van der Waals surface area contributed by atoms with Crippen LogP contribution in [0.4, 0.5) is 15.8 Å². The van der Waals surface area contributed by atoms with Crippen molar-refractivity contribution in [2.45, 2.75) is 45.8 Å². The Labute approximate surface area is 189 Å². The highest BCUT2D eigenvalue weighted by atomic mass is 19.1. The van der Waals surface area contributed by atoms with Gasteiger partial charge >= 0.3 is 5.97 Å². The highest BCUT2D eigenvalue weighted by molar-refractivity contribution is 5.75. The van der Waals surface area contributed by atoms with Crippen molar-refractivity contribution in [3.05, 3.63) is 53.8 Å². The van der Waals surface area contributed by atoms with Gasteiger partial charge in [0.1, 0.15) is 18.2 Å². The lowest BCUT2D eigenvalue weighted by Gasteiger charge is -2.31. The molecule has 2 aromatic rings. The summed E-state index contributed by atoms with van der Waals surface area (Å²) in [6.07, 6.45) is 0.765. The Morgan fingerprint density at radius 1 is 1.22 bits per heavy atom. The second-order valence-electron chi connectivity index (χ2n) is 8.05. The molecule has 1 heterocycles. The fourth-order valence-electron chi connectivity index (χ4n) is 3.71. The first-order valence-electron chi connectivity index (χ1n) is 11.3. The molecule has 0 amide bonds. The average molecular weight is 445 g/mol. The quantitative estimate of drug-likeness (QED) is 0.409. The van der Waals surface area contributed by atoms with Crippen molar-refractivity contribution in [2.24, 2.45) is 0 Å². The largest absolute Gasteiger partial charge is 0.489 e. The van der Waals surface area contributed by atoms with E-state index in [0.717, 1.165) is 43.0 Å². The van der Waals surface area contributed by atoms with Crippen LogP contribution in [0, 0.1) is 5.82 Å². The van der Waals surface area contributed by atoms with Crippen molar-refractivity contribution in [1.82, 2.24) is 0 Å². The number of esters is 1. The van der Waals surface area contributed by atoms with Gasteiger partial charge in [0.05, 0.1) is 24.9 Å². The van der Waals surface area contributed by atoms with Crippen molar-refractivity contribution in [2.75, 3.05) is 43.1 Å². The first-order chi connectivity index (χ1) is 15.5. The van der Waals surface area contributed by atoms with Crippen LogP contribution in [0.5, 0.6) is 5.75 Å². The van der Waals surface area contributed by atoms with Crippen molar-refractivity contribution >= 4 is 17.3 Å². The predicted octanol–water partition coefficient (Wildman–Crippen LogP) is 4.43. The van der Waals surface area contributed by atoms with Gasteiger partial charge in [-0.2, -0.15) is 0 Å². The number of halogens is 1. The fraction of sp³-hybridized carbons (Fsp3) is 0.480. The molecule has 174 valence electrons. The summed E-state index contributed by atoms with van der Waals surface area (Å²) in [4.78, 5) is 14.4. The molecule has 0 aliphatic carbocycles. The molecule has 1 unspecified atom stereocenters. The number of hydrogen-bond acceptors (Lipinski definition) is 6. The monoisotopic (exact) mass is 444 g/mol. The first kappa shape index (κ1) is 23.9. The number of nitrogens with one attached hydrogen (secondary N) is 1. The molecule has 7 heteroatoms. The van der Waals surface area contributed by atoms with Gasteiger partial charge in [-0.1, -0.05) is 12.1 Å². The highest BCUT2D eigenvalue weighted by Gasteiger charge is 2.22. The highest BCUT2D eigenvalue weighted by Crippen LogP contribution is 2.32. The van der Waals surface area contributed by atoms with Crippen LogP contribution in [0.15, 0.2) is 42.5 Å². The van der Waals surface area contributed by atoms with E-state index in [0.29, 0.717) is 25.4 Å². The second kappa shape index (κ2) is 11.7. The maximum Gasteiger partial charge on any atom is 0.335 e. The van der Waals surface area contributed by atoms with Crippen LogP contribution < -0.4 is 15.0 Å². The van der Waals surface area contributed by atoms with E-state index in [2.05, 4.69) is 10.2 Å². The molecule has 1 N–H and O–H groups in total. The molecule has 1 atom stereocenters. The molecule has 0 aromatic heterocycles. The maximum atomic E-state index is 13.4. The van der Waals surface area contributed by atoms with Crippen molar-refractivity contribution < 1.29 is 23.4 Å². The first-order valence-corrected chi connectivity index (χ1v) is 11.3. The predicted molar refractivity (Wildman–Crippen MR) is 124 cm³/mol. The fourth-order valence-corrected chi connectivity index (χ4v) is 3.71. The smallest absolute Gasteiger partial charge is 0.335 e. The summed E-state index contributed by atoms with van der Waals surface area (Å²) in [5, 5.41) is 3.43. The molecule has 6 nitrogen and oxygen atoms in total. The minimum atomic E-state index is -0.598. The number of carbonyl (C=O) groups is 1. The number of benzene rings is 2. The van der Waals surface area contributed by atoms with Gasteiger partial charge in [0, 0.05) is 31.3 Å². The molecule has 0 fully saturated rings. The number of hydrogen-bond donors (Lipinski definition) is 1. The standard InChI is InChI=1S/C25H33FN2O4/c1-4-30-25(29)24(32-18(2)3)16-19-6-9-21(10-7-19)27-12-5-13-28-14-15-31-23-17-20(26)8-11-22(23)28/h6-11,17-18,24,27H,4-5,12-16H2,1-3H3. The number of anilines is 2. The topological polar surface area (TPSA) is 60.0 Å². The summed E-state index contributed by atoms with van der Waals surface area (Å²) < 4.78 is 29.8. The van der Waals surface area contributed by atoms with Gasteiger partial charge in [-0.15, -0.1) is 0 Å². The Morgan fingerprint density at radius 3 is 2.72 bits per heavy atom. The van der Waals surface area contributed by atoms with E-state index >= 15 is 0 Å². The molecule has 1 aliphatic heterocycles. The lowest BCUT2D eigenvalue weighted by Crippen LogP contribution is -2.34. The van der Waals surface area contributed by atoms with E-state index in [1.54, 1.807) is 13.0 Å². The minimum absolute atomic E-state index is 0.0530. The van der Waals surface area contributed by atoms with Gasteiger partial charge in [-0.3, -0.25) is 0 Å². The van der Waals surface area contributed by atoms with E-state index in [1.807, 2.05) is 38.1 Å². The zero-order chi connectivity index (χ0) is 22.9.